The molecule has 0 spiro atoms. The molecule has 0 radical (unpaired) electrons. The molecule has 4 nitrogen and oxygen atoms in total. The van der Waals surface area contributed by atoms with Crippen LogP contribution in [-0.4, -0.2) is 13.7 Å². The average molecular weight is 564 g/mol. The summed E-state index contributed by atoms with van der Waals surface area (Å²) < 4.78 is 12.7. The zero-order valence-electron chi connectivity index (χ0n) is 23.9. The minimum Gasteiger partial charge on any atom is -0.465 e. The van der Waals surface area contributed by atoms with Gasteiger partial charge in [-0.1, -0.05) is 108 Å². The van der Waals surface area contributed by atoms with E-state index in [0.717, 1.165) is 56.3 Å². The van der Waals surface area contributed by atoms with E-state index in [-0.39, 0.29) is 13.7 Å². The second kappa shape index (κ2) is 9.99. The van der Waals surface area contributed by atoms with Crippen LogP contribution in [0, 0.1) is 0 Å². The van der Waals surface area contributed by atoms with Crippen molar-refractivity contribution in [1.29, 1.82) is 0 Å². The fraction of sp³-hybridized carbons (Fsp3) is 0. The van der Waals surface area contributed by atoms with E-state index in [9.17, 15) is 0 Å². The predicted octanol–water partition coefficient (Wildman–Crippen LogP) is 6.72. The average Bonchev–Trinajstić information content (AvgIpc) is 3.79. The van der Waals surface area contributed by atoms with Gasteiger partial charge < -0.3 is 18.5 Å². The lowest BCUT2D eigenvalue weighted by Crippen LogP contribution is -2.58. The van der Waals surface area contributed by atoms with Gasteiger partial charge in [0, 0.05) is 33.9 Å². The Labute approximate surface area is 257 Å². The minimum absolute atomic E-state index is 0.0557. The summed E-state index contributed by atoms with van der Waals surface area (Å²) in [6.45, 7) is -0.111. The molecule has 0 unspecified atom stereocenters. The summed E-state index contributed by atoms with van der Waals surface area (Å²) in [4.78, 5) is 4.89. The van der Waals surface area contributed by atoms with Gasteiger partial charge in [-0.3, -0.25) is 0 Å². The van der Waals surface area contributed by atoms with Gasteiger partial charge in [0.2, 0.25) is 0 Å². The highest BCUT2D eigenvalue weighted by Crippen LogP contribution is 2.49. The molecule has 0 amide bonds. The lowest BCUT2D eigenvalue weighted by molar-refractivity contribution is 0.582. The van der Waals surface area contributed by atoms with Gasteiger partial charge in [0.1, 0.15) is 11.5 Å². The maximum atomic E-state index is 6.35. The van der Waals surface area contributed by atoms with Crippen LogP contribution in [0.2, 0.25) is 0 Å². The Bertz CT molecular complexity index is 1940. The Morgan fingerprint density at radius 3 is 1.16 bits per heavy atom. The van der Waals surface area contributed by atoms with Crippen LogP contribution < -0.4 is 31.5 Å². The normalized spacial score (nSPS) is 13.3. The molecule has 5 aromatic carbocycles. The van der Waals surface area contributed by atoms with Gasteiger partial charge in [-0.2, -0.15) is 0 Å². The first kappa shape index (κ1) is 24.9. The van der Waals surface area contributed by atoms with Gasteiger partial charge in [-0.05, 0) is 59.5 Å². The number of para-hydroxylation sites is 2. The Hall–Kier alpha value is -5.61. The van der Waals surface area contributed by atoms with Crippen molar-refractivity contribution in [2.24, 2.45) is 0 Å². The summed E-state index contributed by atoms with van der Waals surface area (Å²) in [7, 11) is 0. The third-order valence-electron chi connectivity index (χ3n) is 8.92. The fourth-order valence-corrected chi connectivity index (χ4v) is 7.08. The van der Waals surface area contributed by atoms with Crippen molar-refractivity contribution in [1.82, 2.24) is 0 Å². The van der Waals surface area contributed by atoms with Gasteiger partial charge in [-0.25, -0.2) is 0 Å². The largest absolute Gasteiger partial charge is 0.465 e. The second-order valence-electron chi connectivity index (χ2n) is 11.3. The first-order valence-corrected chi connectivity index (χ1v) is 15.0. The number of hydrogen-bond acceptors (Lipinski definition) is 4. The molecular weight excluding hydrogens is 538 g/mol. The molecule has 206 valence electrons. The molecule has 2 aromatic heterocycles. The van der Waals surface area contributed by atoms with E-state index in [1.54, 1.807) is 0 Å². The van der Waals surface area contributed by atoms with E-state index in [1.165, 1.54) is 10.9 Å². The molecule has 0 aliphatic carbocycles. The fourth-order valence-electron chi connectivity index (χ4n) is 7.08. The Morgan fingerprint density at radius 2 is 0.773 bits per heavy atom. The van der Waals surface area contributed by atoms with Crippen LogP contribution in [0.5, 0.6) is 0 Å². The SMILES string of the molecule is c1ccc(B2c3ccoc3-c3cc4c(cc3N2c2ccccc2)-c2occc2B(c2ccccc2)N4c2ccccc2)cc1. The van der Waals surface area contributed by atoms with Crippen LogP contribution in [0.4, 0.5) is 22.7 Å². The predicted molar refractivity (Wildman–Crippen MR) is 182 cm³/mol. The molecule has 4 heterocycles. The number of nitrogens with zero attached hydrogens (tertiary/aromatic N) is 2. The van der Waals surface area contributed by atoms with Crippen molar-refractivity contribution in [2.45, 2.75) is 0 Å². The molecule has 0 bridgehead atoms. The molecule has 0 saturated heterocycles. The molecule has 44 heavy (non-hydrogen) atoms. The molecule has 2 aliphatic rings. The van der Waals surface area contributed by atoms with E-state index < -0.39 is 0 Å². The first-order chi connectivity index (χ1) is 21.9. The van der Waals surface area contributed by atoms with Crippen LogP contribution in [0.25, 0.3) is 22.6 Å². The summed E-state index contributed by atoms with van der Waals surface area (Å²) in [5.41, 5.74) is 11.2. The van der Waals surface area contributed by atoms with Crippen LogP contribution in [-0.2, 0) is 0 Å². The van der Waals surface area contributed by atoms with Crippen molar-refractivity contribution in [2.75, 3.05) is 9.62 Å². The number of fused-ring (bicyclic) bond motifs is 6. The zero-order valence-corrected chi connectivity index (χ0v) is 23.9. The Morgan fingerprint density at radius 1 is 0.409 bits per heavy atom. The van der Waals surface area contributed by atoms with Crippen LogP contribution in [0.3, 0.4) is 0 Å². The molecule has 9 rings (SSSR count). The first-order valence-electron chi connectivity index (χ1n) is 15.0. The monoisotopic (exact) mass is 564 g/mol. The number of furan rings is 2. The summed E-state index contributed by atoms with van der Waals surface area (Å²) in [5, 5.41) is 0. The lowest BCUT2D eigenvalue weighted by Gasteiger charge is -2.41. The summed E-state index contributed by atoms with van der Waals surface area (Å²) in [6.07, 6.45) is 3.65. The van der Waals surface area contributed by atoms with Crippen LogP contribution >= 0.6 is 0 Å². The third-order valence-corrected chi connectivity index (χ3v) is 8.92. The van der Waals surface area contributed by atoms with E-state index in [1.807, 2.05) is 12.5 Å². The standard InChI is InChI=1S/C38H26B2N2O2/c1-5-13-27(14-6-1)39-33-21-23-43-37(33)31-26-36-32(25-35(31)41(39)29-17-9-3-10-18-29)38-34(22-24-44-38)40(28-15-7-2-8-16-28)42(36)30-19-11-4-12-20-30/h1-26H. The maximum Gasteiger partial charge on any atom is 0.332 e. The highest BCUT2D eigenvalue weighted by molar-refractivity contribution is 6.91. The number of anilines is 4. The van der Waals surface area contributed by atoms with Crippen molar-refractivity contribution in [3.8, 4) is 22.6 Å². The van der Waals surface area contributed by atoms with E-state index in [2.05, 4.69) is 155 Å². The van der Waals surface area contributed by atoms with Gasteiger partial charge in [0.05, 0.1) is 12.5 Å². The number of benzene rings is 5. The van der Waals surface area contributed by atoms with Gasteiger partial charge in [0.25, 0.3) is 0 Å². The van der Waals surface area contributed by atoms with Crippen molar-refractivity contribution in [3.63, 3.8) is 0 Å². The molecule has 0 N–H and O–H groups in total. The number of hydrogen-bond donors (Lipinski definition) is 0. The lowest BCUT2D eigenvalue weighted by atomic mass is 9.46. The van der Waals surface area contributed by atoms with Crippen molar-refractivity contribution < 1.29 is 8.83 Å². The highest BCUT2D eigenvalue weighted by Gasteiger charge is 2.43. The molecule has 0 saturated carbocycles. The molecular formula is C38H26B2N2O2. The van der Waals surface area contributed by atoms with Gasteiger partial charge in [0.15, 0.2) is 0 Å². The molecule has 0 fully saturated rings. The van der Waals surface area contributed by atoms with E-state index in [0.29, 0.717) is 0 Å². The topological polar surface area (TPSA) is 32.8 Å². The summed E-state index contributed by atoms with van der Waals surface area (Å²) >= 11 is 0. The molecule has 0 atom stereocenters. The molecule has 7 aromatic rings. The number of rotatable bonds is 4. The van der Waals surface area contributed by atoms with E-state index >= 15 is 0 Å². The Kier molecular flexibility index (Phi) is 5.66. The van der Waals surface area contributed by atoms with Crippen LogP contribution in [0.1, 0.15) is 0 Å². The van der Waals surface area contributed by atoms with Crippen molar-refractivity contribution >= 4 is 58.3 Å². The van der Waals surface area contributed by atoms with Crippen LogP contribution in [0.15, 0.2) is 167 Å². The maximum absolute atomic E-state index is 6.35. The van der Waals surface area contributed by atoms with Crippen molar-refractivity contribution in [3.05, 3.63) is 158 Å². The third kappa shape index (κ3) is 3.74. The smallest absolute Gasteiger partial charge is 0.332 e. The molecule has 2 aliphatic heterocycles. The molecule has 6 heteroatoms. The van der Waals surface area contributed by atoms with Gasteiger partial charge >= 0.3 is 13.7 Å². The minimum atomic E-state index is -0.0557. The van der Waals surface area contributed by atoms with Gasteiger partial charge in [-0.15, -0.1) is 0 Å². The summed E-state index contributed by atoms with van der Waals surface area (Å²) in [5.74, 6) is 1.80. The van der Waals surface area contributed by atoms with E-state index in [4.69, 9.17) is 8.83 Å². The zero-order chi connectivity index (χ0) is 29.0. The quantitative estimate of drug-likeness (QED) is 0.222. The second-order valence-corrected chi connectivity index (χ2v) is 11.3. The highest BCUT2D eigenvalue weighted by atomic mass is 16.3. The Balaban J connectivity index is 1.35. The summed E-state index contributed by atoms with van der Waals surface area (Å²) in [6, 6.07) is 51.5.